The fourth-order valence-electron chi connectivity index (χ4n) is 4.77. The van der Waals surface area contributed by atoms with Crippen LogP contribution in [0.15, 0.2) is 54.6 Å². The Kier molecular flexibility index (Phi) is 7.29. The topological polar surface area (TPSA) is 88.5 Å². The van der Waals surface area contributed by atoms with E-state index in [4.69, 9.17) is 0 Å². The molecule has 2 N–H and O–H groups in total. The van der Waals surface area contributed by atoms with E-state index in [1.54, 1.807) is 12.1 Å². The molecule has 7 nitrogen and oxygen atoms in total. The first-order valence-electron chi connectivity index (χ1n) is 12.0. The number of carbonyl (C=O) groups is 2. The van der Waals surface area contributed by atoms with E-state index in [0.717, 1.165) is 56.0 Å². The Balaban J connectivity index is 1.46. The van der Waals surface area contributed by atoms with Crippen LogP contribution in [0.4, 0.5) is 17.1 Å². The Labute approximate surface area is 201 Å². The number of para-hydroxylation sites is 1. The number of benzene rings is 2. The molecule has 2 aromatic rings. The predicted molar refractivity (Wildman–Crippen MR) is 135 cm³/mol. The lowest BCUT2D eigenvalue weighted by atomic mass is 10.0. The Hall–Kier alpha value is -3.63. The third-order valence-electron chi connectivity index (χ3n) is 6.76. The maximum Gasteiger partial charge on any atom is 0.248 e. The second-order valence-corrected chi connectivity index (χ2v) is 8.75. The minimum Gasteiger partial charge on any atom is -0.368 e. The number of piperazine rings is 1. The molecule has 1 atom stereocenters. The van der Waals surface area contributed by atoms with E-state index in [-0.39, 0.29) is 23.8 Å². The van der Waals surface area contributed by atoms with Gasteiger partial charge in [0, 0.05) is 49.5 Å². The first-order chi connectivity index (χ1) is 16.5. The molecule has 4 rings (SSSR count). The molecule has 0 radical (unpaired) electrons. The Morgan fingerprint density at radius 1 is 1.15 bits per heavy atom. The summed E-state index contributed by atoms with van der Waals surface area (Å²) >= 11 is 0. The maximum atomic E-state index is 12.4. The lowest BCUT2D eigenvalue weighted by Crippen LogP contribution is -2.47. The predicted octanol–water partition coefficient (Wildman–Crippen LogP) is 4.30. The molecule has 176 valence electrons. The van der Waals surface area contributed by atoms with Crippen molar-refractivity contribution >= 4 is 28.9 Å². The smallest absolute Gasteiger partial charge is 0.248 e. The molecule has 34 heavy (non-hydrogen) atoms. The average molecular weight is 458 g/mol. The van der Waals surface area contributed by atoms with E-state index >= 15 is 0 Å². The van der Waals surface area contributed by atoms with Crippen molar-refractivity contribution in [2.75, 3.05) is 41.7 Å². The molecular weight excluding hydrogens is 426 g/mol. The van der Waals surface area contributed by atoms with Gasteiger partial charge in [-0.3, -0.25) is 14.5 Å². The maximum absolute atomic E-state index is 12.4. The van der Waals surface area contributed by atoms with E-state index in [2.05, 4.69) is 32.6 Å². The number of hydrogen-bond acceptors (Lipinski definition) is 5. The van der Waals surface area contributed by atoms with Gasteiger partial charge in [0.2, 0.25) is 11.8 Å². The van der Waals surface area contributed by atoms with Crippen LogP contribution in [0.5, 0.6) is 0 Å². The Morgan fingerprint density at radius 3 is 2.59 bits per heavy atom. The van der Waals surface area contributed by atoms with Crippen LogP contribution in [-0.4, -0.2) is 42.9 Å². The number of carbonyl (C=O) groups excluding carboxylic acids is 2. The van der Waals surface area contributed by atoms with Crippen LogP contribution >= 0.6 is 0 Å². The summed E-state index contributed by atoms with van der Waals surface area (Å²) in [5.74, 6) is -0.129. The van der Waals surface area contributed by atoms with Gasteiger partial charge in [-0.25, -0.2) is 0 Å². The van der Waals surface area contributed by atoms with Gasteiger partial charge in [0.15, 0.2) is 0 Å². The molecule has 2 aliphatic heterocycles. The van der Waals surface area contributed by atoms with Crippen LogP contribution in [0.1, 0.15) is 43.9 Å². The Morgan fingerprint density at radius 2 is 1.88 bits per heavy atom. The number of hydrogen-bond donors (Lipinski definition) is 2. The summed E-state index contributed by atoms with van der Waals surface area (Å²) in [6.45, 7) is 7.15. The highest BCUT2D eigenvalue weighted by Crippen LogP contribution is 2.33. The largest absolute Gasteiger partial charge is 0.368 e. The first-order valence-corrected chi connectivity index (χ1v) is 12.0. The van der Waals surface area contributed by atoms with Gasteiger partial charge in [0.1, 0.15) is 6.07 Å². The molecule has 0 aliphatic carbocycles. The van der Waals surface area contributed by atoms with Gasteiger partial charge >= 0.3 is 0 Å². The molecule has 2 amide bonds. The second-order valence-electron chi connectivity index (χ2n) is 8.75. The molecule has 0 aromatic heterocycles. The van der Waals surface area contributed by atoms with Crippen molar-refractivity contribution in [1.29, 1.82) is 5.26 Å². The number of nitrogens with one attached hydrogen (secondary N) is 2. The van der Waals surface area contributed by atoms with Crippen LogP contribution in [0.25, 0.3) is 0 Å². The van der Waals surface area contributed by atoms with E-state index in [1.807, 2.05) is 50.3 Å². The van der Waals surface area contributed by atoms with Gasteiger partial charge < -0.3 is 15.5 Å². The first kappa shape index (κ1) is 23.5. The number of nitrogens with zero attached hydrogens (tertiary/aromatic N) is 3. The van der Waals surface area contributed by atoms with Crippen LogP contribution in [0.2, 0.25) is 0 Å². The van der Waals surface area contributed by atoms with Crippen LogP contribution < -0.4 is 15.5 Å². The SMILES string of the molecule is CCC(CC)C(=O)Nc1ccc(N2CCN(C3C=CC(=O)Nc4ccccc43)CC2)c(C#N)c1. The van der Waals surface area contributed by atoms with Crippen LogP contribution in [-0.2, 0) is 9.59 Å². The summed E-state index contributed by atoms with van der Waals surface area (Å²) < 4.78 is 0. The normalized spacial score (nSPS) is 18.1. The Bertz CT molecular complexity index is 1120. The minimum absolute atomic E-state index is 0.0000353. The molecule has 0 saturated carbocycles. The zero-order chi connectivity index (χ0) is 24.1. The monoisotopic (exact) mass is 457 g/mol. The zero-order valence-electron chi connectivity index (χ0n) is 19.8. The van der Waals surface area contributed by atoms with Gasteiger partial charge in [0.05, 0.1) is 17.3 Å². The van der Waals surface area contributed by atoms with E-state index in [1.165, 1.54) is 0 Å². The standard InChI is InChI=1S/C27H31N5O2/c1-3-19(4-2)27(34)29-21-9-10-24(20(17-21)18-28)31-13-15-32(16-14-31)25-11-12-26(33)30-23-8-6-5-7-22(23)25/h5-12,17,19,25H,3-4,13-16H2,1-2H3,(H,29,34)(H,30,33). The molecule has 1 unspecified atom stereocenters. The van der Waals surface area contributed by atoms with Gasteiger partial charge in [0.25, 0.3) is 0 Å². The molecule has 1 fully saturated rings. The summed E-state index contributed by atoms with van der Waals surface area (Å²) in [4.78, 5) is 29.1. The highest BCUT2D eigenvalue weighted by molar-refractivity contribution is 6.00. The van der Waals surface area contributed by atoms with E-state index in [0.29, 0.717) is 11.3 Å². The average Bonchev–Trinajstić information content (AvgIpc) is 3.03. The number of rotatable bonds is 6. The van der Waals surface area contributed by atoms with E-state index < -0.39 is 0 Å². The summed E-state index contributed by atoms with van der Waals surface area (Å²) in [5, 5.41) is 15.7. The van der Waals surface area contributed by atoms with Gasteiger partial charge in [-0.05, 0) is 42.7 Å². The molecule has 2 aromatic carbocycles. The highest BCUT2D eigenvalue weighted by Gasteiger charge is 2.28. The third-order valence-corrected chi connectivity index (χ3v) is 6.76. The third kappa shape index (κ3) is 4.97. The summed E-state index contributed by atoms with van der Waals surface area (Å²) in [6, 6.07) is 15.8. The molecule has 2 aliphatic rings. The molecule has 0 spiro atoms. The van der Waals surface area contributed by atoms with E-state index in [9.17, 15) is 14.9 Å². The molecular formula is C27H31N5O2. The van der Waals surface area contributed by atoms with Crippen LogP contribution in [0, 0.1) is 17.2 Å². The molecule has 7 heteroatoms. The zero-order valence-corrected chi connectivity index (χ0v) is 19.8. The summed E-state index contributed by atoms with van der Waals surface area (Å²) in [7, 11) is 0. The quantitative estimate of drug-likeness (QED) is 0.675. The summed E-state index contributed by atoms with van der Waals surface area (Å²) in [5.41, 5.74) is 4.05. The van der Waals surface area contributed by atoms with Crippen molar-refractivity contribution in [2.45, 2.75) is 32.7 Å². The van der Waals surface area contributed by atoms with Crippen molar-refractivity contribution in [2.24, 2.45) is 5.92 Å². The number of anilines is 3. The lowest BCUT2D eigenvalue weighted by molar-refractivity contribution is -0.120. The highest BCUT2D eigenvalue weighted by atomic mass is 16.2. The summed E-state index contributed by atoms with van der Waals surface area (Å²) in [6.07, 6.45) is 5.16. The van der Waals surface area contributed by atoms with Crippen molar-refractivity contribution in [3.05, 3.63) is 65.7 Å². The van der Waals surface area contributed by atoms with Crippen LogP contribution in [0.3, 0.4) is 0 Å². The fraction of sp³-hybridized carbons (Fsp3) is 0.370. The molecule has 0 bridgehead atoms. The molecule has 1 saturated heterocycles. The van der Waals surface area contributed by atoms with Crippen molar-refractivity contribution in [1.82, 2.24) is 4.90 Å². The van der Waals surface area contributed by atoms with Gasteiger partial charge in [-0.15, -0.1) is 0 Å². The fourth-order valence-corrected chi connectivity index (χ4v) is 4.77. The number of amides is 2. The molecule has 2 heterocycles. The number of fused-ring (bicyclic) bond motifs is 1. The van der Waals surface area contributed by atoms with Crippen molar-refractivity contribution in [3.8, 4) is 6.07 Å². The van der Waals surface area contributed by atoms with Crippen molar-refractivity contribution in [3.63, 3.8) is 0 Å². The second kappa shape index (κ2) is 10.5. The van der Waals surface area contributed by atoms with Gasteiger partial charge in [-0.2, -0.15) is 5.26 Å². The van der Waals surface area contributed by atoms with Gasteiger partial charge in [-0.1, -0.05) is 38.1 Å². The number of nitriles is 1. The lowest BCUT2D eigenvalue weighted by Gasteiger charge is -2.40. The van der Waals surface area contributed by atoms with Crippen molar-refractivity contribution < 1.29 is 9.59 Å². The minimum atomic E-state index is -0.108.